The van der Waals surface area contributed by atoms with Gasteiger partial charge in [0, 0.05) is 42.3 Å². The first-order valence-corrected chi connectivity index (χ1v) is 10.4. The quantitative estimate of drug-likeness (QED) is 0.787. The maximum Gasteiger partial charge on any atom is 0.261 e. The molecule has 0 radical (unpaired) electrons. The fourth-order valence-corrected chi connectivity index (χ4v) is 4.68. The van der Waals surface area contributed by atoms with Crippen LogP contribution in [0.4, 0.5) is 5.69 Å². The second-order valence-electron chi connectivity index (χ2n) is 9.28. The molecule has 7 heteroatoms. The Morgan fingerprint density at radius 1 is 1.03 bits per heavy atom. The maximum atomic E-state index is 12.8. The molecule has 0 bridgehead atoms. The highest BCUT2D eigenvalue weighted by atomic mass is 16.7. The third-order valence-corrected chi connectivity index (χ3v) is 6.12. The topological polar surface area (TPSA) is 97.5 Å². The molecule has 0 atom stereocenters. The Morgan fingerprint density at radius 3 is 2.53 bits per heavy atom. The van der Waals surface area contributed by atoms with Crippen LogP contribution < -0.4 is 20.3 Å². The van der Waals surface area contributed by atoms with E-state index in [2.05, 4.69) is 10.3 Å². The lowest BCUT2D eigenvalue weighted by Crippen LogP contribution is -2.34. The number of hydrogen-bond acceptors (Lipinski definition) is 5. The molecule has 30 heavy (non-hydrogen) atoms. The van der Waals surface area contributed by atoms with Gasteiger partial charge in [0.2, 0.25) is 0 Å². The monoisotopic (exact) mass is 408 g/mol. The molecule has 156 valence electrons. The van der Waals surface area contributed by atoms with Gasteiger partial charge >= 0.3 is 0 Å². The van der Waals surface area contributed by atoms with E-state index < -0.39 is 17.3 Å². The molecular weight excluding hydrogens is 384 g/mol. The van der Waals surface area contributed by atoms with Crippen molar-refractivity contribution in [3.63, 3.8) is 0 Å². The summed E-state index contributed by atoms with van der Waals surface area (Å²) in [6.07, 6.45) is 4.80. The lowest BCUT2D eigenvalue weighted by molar-refractivity contribution is -0.0716. The van der Waals surface area contributed by atoms with E-state index in [1.165, 1.54) is 6.07 Å². The van der Waals surface area contributed by atoms with Gasteiger partial charge in [-0.1, -0.05) is 13.8 Å². The highest BCUT2D eigenvalue weighted by Crippen LogP contribution is 2.47. The fourth-order valence-electron chi connectivity index (χ4n) is 4.68. The Morgan fingerprint density at radius 2 is 1.77 bits per heavy atom. The molecule has 1 fully saturated rings. The molecule has 3 aliphatic rings. The largest absolute Gasteiger partial charge is 0.448 e. The third-order valence-electron chi connectivity index (χ3n) is 6.12. The SMILES string of the molecule is CC1(C)CC(=O)c2cc(C(=O)Nc3ccc4c(c3)OC3(CCCC3)O4)c(=O)[nH]c2C1. The number of aromatic amines is 1. The predicted octanol–water partition coefficient (Wildman–Crippen LogP) is 3.82. The van der Waals surface area contributed by atoms with Crippen LogP contribution >= 0.6 is 0 Å². The summed E-state index contributed by atoms with van der Waals surface area (Å²) in [5, 5.41) is 2.74. The van der Waals surface area contributed by atoms with Crippen LogP contribution in [-0.2, 0) is 6.42 Å². The van der Waals surface area contributed by atoms with Gasteiger partial charge < -0.3 is 19.8 Å². The second kappa shape index (κ2) is 6.45. The Labute approximate surface area is 173 Å². The number of hydrogen-bond donors (Lipinski definition) is 2. The number of ketones is 1. The Bertz CT molecular complexity index is 1120. The van der Waals surface area contributed by atoms with Crippen LogP contribution in [0.3, 0.4) is 0 Å². The summed E-state index contributed by atoms with van der Waals surface area (Å²) < 4.78 is 12.0. The van der Waals surface area contributed by atoms with Crippen LogP contribution in [0.2, 0.25) is 0 Å². The summed E-state index contributed by atoms with van der Waals surface area (Å²) in [4.78, 5) is 40.6. The van der Waals surface area contributed by atoms with Crippen LogP contribution in [-0.4, -0.2) is 22.5 Å². The van der Waals surface area contributed by atoms with E-state index in [0.29, 0.717) is 41.3 Å². The summed E-state index contributed by atoms with van der Waals surface area (Å²) in [6.45, 7) is 3.98. The molecule has 5 rings (SSSR count). The number of nitrogens with one attached hydrogen (secondary N) is 2. The number of rotatable bonds is 2. The molecular formula is C23H24N2O5. The number of ether oxygens (including phenoxy) is 2. The zero-order valence-corrected chi connectivity index (χ0v) is 17.1. The molecule has 1 saturated carbocycles. The Balaban J connectivity index is 1.39. The zero-order chi connectivity index (χ0) is 21.1. The first kappa shape index (κ1) is 18.9. The lowest BCUT2D eigenvalue weighted by atomic mass is 9.75. The van der Waals surface area contributed by atoms with Crippen molar-refractivity contribution in [2.75, 3.05) is 5.32 Å². The minimum absolute atomic E-state index is 0.0588. The molecule has 1 amide bonds. The Kier molecular flexibility index (Phi) is 4.07. The summed E-state index contributed by atoms with van der Waals surface area (Å²) >= 11 is 0. The normalized spacial score (nSPS) is 20.3. The summed E-state index contributed by atoms with van der Waals surface area (Å²) in [7, 11) is 0. The van der Waals surface area contributed by atoms with Crippen molar-refractivity contribution in [3.8, 4) is 11.5 Å². The van der Waals surface area contributed by atoms with Crippen molar-refractivity contribution in [1.29, 1.82) is 0 Å². The number of anilines is 1. The summed E-state index contributed by atoms with van der Waals surface area (Å²) in [6, 6.07) is 6.61. The van der Waals surface area contributed by atoms with Gasteiger partial charge in [-0.3, -0.25) is 14.4 Å². The van der Waals surface area contributed by atoms with E-state index in [9.17, 15) is 14.4 Å². The van der Waals surface area contributed by atoms with E-state index in [4.69, 9.17) is 9.47 Å². The molecule has 1 aliphatic heterocycles. The Hall–Kier alpha value is -3.09. The van der Waals surface area contributed by atoms with Crippen LogP contribution in [0, 0.1) is 5.41 Å². The van der Waals surface area contributed by atoms with E-state index >= 15 is 0 Å². The third kappa shape index (κ3) is 3.18. The molecule has 0 saturated heterocycles. The van der Waals surface area contributed by atoms with Gasteiger partial charge in [-0.15, -0.1) is 0 Å². The molecule has 1 aromatic heterocycles. The number of pyridine rings is 1. The zero-order valence-electron chi connectivity index (χ0n) is 17.1. The minimum Gasteiger partial charge on any atom is -0.448 e. The molecule has 1 aromatic carbocycles. The number of carbonyl (C=O) groups excluding carboxylic acids is 2. The smallest absolute Gasteiger partial charge is 0.261 e. The molecule has 1 spiro atoms. The molecule has 7 nitrogen and oxygen atoms in total. The number of H-pyrrole nitrogens is 1. The predicted molar refractivity (Wildman–Crippen MR) is 110 cm³/mol. The number of carbonyl (C=O) groups is 2. The van der Waals surface area contributed by atoms with Gasteiger partial charge in [0.25, 0.3) is 17.3 Å². The molecule has 0 unspecified atom stereocenters. The van der Waals surface area contributed by atoms with E-state index in [1.807, 2.05) is 13.8 Å². The standard InChI is InChI=1S/C23H24N2O5/c1-22(2)11-16-14(17(26)12-22)10-15(21(28)25-16)20(27)24-13-5-6-18-19(9-13)30-23(29-18)7-3-4-8-23/h5-6,9-10H,3-4,7-8,11-12H2,1-2H3,(H,24,27)(H,25,28). The number of Topliss-reactive ketones (excluding diaryl/α,β-unsaturated/α-hetero) is 1. The highest BCUT2D eigenvalue weighted by molar-refractivity contribution is 6.06. The average Bonchev–Trinajstić information content (AvgIpc) is 3.25. The number of fused-ring (bicyclic) bond motifs is 2. The van der Waals surface area contributed by atoms with Crippen molar-refractivity contribution < 1.29 is 19.1 Å². The molecule has 2 N–H and O–H groups in total. The molecule has 2 heterocycles. The van der Waals surface area contributed by atoms with Crippen LogP contribution in [0.1, 0.15) is 72.4 Å². The summed E-state index contributed by atoms with van der Waals surface area (Å²) in [5.41, 5.74) is 0.742. The number of benzene rings is 1. The van der Waals surface area contributed by atoms with Crippen molar-refractivity contribution in [1.82, 2.24) is 4.98 Å². The van der Waals surface area contributed by atoms with Crippen LogP contribution in [0.15, 0.2) is 29.1 Å². The summed E-state index contributed by atoms with van der Waals surface area (Å²) in [5.74, 6) is 0.0539. The first-order chi connectivity index (χ1) is 14.2. The van der Waals surface area contributed by atoms with Crippen molar-refractivity contribution in [2.24, 2.45) is 5.41 Å². The minimum atomic E-state index is -0.575. The van der Waals surface area contributed by atoms with Crippen molar-refractivity contribution >= 4 is 17.4 Å². The molecule has 2 aliphatic carbocycles. The highest BCUT2D eigenvalue weighted by Gasteiger charge is 2.44. The van der Waals surface area contributed by atoms with Gasteiger partial charge in [-0.05, 0) is 42.9 Å². The van der Waals surface area contributed by atoms with Gasteiger partial charge in [-0.2, -0.15) is 0 Å². The van der Waals surface area contributed by atoms with Crippen LogP contribution in [0.5, 0.6) is 11.5 Å². The van der Waals surface area contributed by atoms with Gasteiger partial charge in [-0.25, -0.2) is 0 Å². The van der Waals surface area contributed by atoms with E-state index in [0.717, 1.165) is 25.7 Å². The van der Waals surface area contributed by atoms with Gasteiger partial charge in [0.1, 0.15) is 5.56 Å². The van der Waals surface area contributed by atoms with Crippen LogP contribution in [0.25, 0.3) is 0 Å². The van der Waals surface area contributed by atoms with Crippen molar-refractivity contribution in [3.05, 3.63) is 51.4 Å². The van der Waals surface area contributed by atoms with Gasteiger partial charge in [0.05, 0.1) is 0 Å². The van der Waals surface area contributed by atoms with Gasteiger partial charge in [0.15, 0.2) is 17.3 Å². The fraction of sp³-hybridized carbons (Fsp3) is 0.435. The maximum absolute atomic E-state index is 12.8. The molecule has 2 aromatic rings. The first-order valence-electron chi connectivity index (χ1n) is 10.4. The van der Waals surface area contributed by atoms with Crippen molar-refractivity contribution in [2.45, 2.75) is 58.2 Å². The lowest BCUT2D eigenvalue weighted by Gasteiger charge is -2.29. The average molecular weight is 408 g/mol. The number of aromatic nitrogens is 1. The van der Waals surface area contributed by atoms with E-state index in [-0.39, 0.29) is 16.8 Å². The number of amides is 1. The van der Waals surface area contributed by atoms with E-state index in [1.54, 1.807) is 18.2 Å². The second-order valence-corrected chi connectivity index (χ2v) is 9.28.